The van der Waals surface area contributed by atoms with E-state index in [1.807, 2.05) is 30.3 Å². The Morgan fingerprint density at radius 2 is 1.46 bits per heavy atom. The number of ether oxygens (including phenoxy) is 4. The third kappa shape index (κ3) is 4.67. The maximum atomic E-state index is 11.9. The largest absolute Gasteiger partial charge is 0.481 e. The number of methoxy groups -OCH3 is 2. The lowest BCUT2D eigenvalue weighted by Crippen LogP contribution is -2.26. The summed E-state index contributed by atoms with van der Waals surface area (Å²) in [4.78, 5) is 20.0. The molecule has 1 unspecified atom stereocenters. The second kappa shape index (κ2) is 8.72. The van der Waals surface area contributed by atoms with E-state index in [4.69, 9.17) is 24.7 Å². The molecule has 0 aliphatic heterocycles. The Morgan fingerprint density at radius 3 is 2.00 bits per heavy atom. The number of nitrogens with two attached hydrogens (primary N) is 1. The first kappa shape index (κ1) is 19.0. The van der Waals surface area contributed by atoms with Gasteiger partial charge in [0, 0.05) is 5.56 Å². The zero-order valence-electron chi connectivity index (χ0n) is 15.4. The van der Waals surface area contributed by atoms with Crippen molar-refractivity contribution in [2.75, 3.05) is 14.2 Å². The third-order valence-electron chi connectivity index (χ3n) is 3.72. The summed E-state index contributed by atoms with van der Waals surface area (Å²) >= 11 is 0. The number of primary amides is 1. The van der Waals surface area contributed by atoms with Crippen molar-refractivity contribution in [2.45, 2.75) is 6.10 Å². The number of benzene rings is 2. The van der Waals surface area contributed by atoms with Crippen LogP contribution in [0, 0.1) is 0 Å². The first-order chi connectivity index (χ1) is 13.6. The molecule has 2 aromatic carbocycles. The lowest BCUT2D eigenvalue weighted by atomic mass is 10.1. The fourth-order valence-corrected chi connectivity index (χ4v) is 2.38. The van der Waals surface area contributed by atoms with Gasteiger partial charge in [-0.1, -0.05) is 30.3 Å². The summed E-state index contributed by atoms with van der Waals surface area (Å²) in [6, 6.07) is 17.5. The van der Waals surface area contributed by atoms with Crippen LogP contribution in [0.2, 0.25) is 0 Å². The van der Waals surface area contributed by atoms with Crippen LogP contribution >= 0.6 is 0 Å². The number of hydrogen-bond donors (Lipinski definition) is 1. The highest BCUT2D eigenvalue weighted by molar-refractivity contribution is 5.80. The summed E-state index contributed by atoms with van der Waals surface area (Å²) in [6.45, 7) is 0. The number of nitrogens with zero attached hydrogens (tertiary/aromatic N) is 2. The highest BCUT2D eigenvalue weighted by Crippen LogP contribution is 2.27. The van der Waals surface area contributed by atoms with Crippen LogP contribution in [0.5, 0.6) is 29.3 Å². The SMILES string of the molecule is COc1cc(OC)nc(OC(C(N)=O)c2ccc(Oc3ccccc3)cc2)n1. The van der Waals surface area contributed by atoms with Crippen LogP contribution in [0.4, 0.5) is 0 Å². The third-order valence-corrected chi connectivity index (χ3v) is 3.72. The molecule has 3 rings (SSSR count). The summed E-state index contributed by atoms with van der Waals surface area (Å²) in [5, 5.41) is 0. The molecule has 1 amide bonds. The Bertz CT molecular complexity index is 910. The van der Waals surface area contributed by atoms with Gasteiger partial charge >= 0.3 is 6.01 Å². The van der Waals surface area contributed by atoms with Crippen LogP contribution < -0.4 is 24.7 Å². The molecule has 8 heteroatoms. The molecule has 0 bridgehead atoms. The molecule has 8 nitrogen and oxygen atoms in total. The minimum absolute atomic E-state index is 0.0930. The van der Waals surface area contributed by atoms with Crippen LogP contribution in [0.15, 0.2) is 60.7 Å². The van der Waals surface area contributed by atoms with Crippen molar-refractivity contribution in [2.24, 2.45) is 5.73 Å². The predicted molar refractivity (Wildman–Crippen MR) is 101 cm³/mol. The molecule has 3 aromatic rings. The highest BCUT2D eigenvalue weighted by atomic mass is 16.5. The van der Waals surface area contributed by atoms with Gasteiger partial charge in [-0.05, 0) is 24.3 Å². The summed E-state index contributed by atoms with van der Waals surface area (Å²) < 4.78 is 21.5. The van der Waals surface area contributed by atoms with E-state index in [9.17, 15) is 4.79 Å². The number of amides is 1. The molecule has 1 heterocycles. The Morgan fingerprint density at radius 1 is 0.893 bits per heavy atom. The van der Waals surface area contributed by atoms with Crippen molar-refractivity contribution in [3.05, 3.63) is 66.2 Å². The first-order valence-corrected chi connectivity index (χ1v) is 8.35. The molecule has 0 spiro atoms. The standard InChI is InChI=1S/C20H19N3O5/c1-25-16-12-17(26-2)23-20(22-16)28-18(19(21)24)13-8-10-15(11-9-13)27-14-6-4-3-5-7-14/h3-12,18H,1-2H3,(H2,21,24). The van der Waals surface area contributed by atoms with Gasteiger partial charge in [0.05, 0.1) is 20.3 Å². The topological polar surface area (TPSA) is 106 Å². The zero-order valence-corrected chi connectivity index (χ0v) is 15.4. The lowest BCUT2D eigenvalue weighted by molar-refractivity contribution is -0.125. The van der Waals surface area contributed by atoms with E-state index in [2.05, 4.69) is 9.97 Å². The van der Waals surface area contributed by atoms with Crippen LogP contribution in [-0.4, -0.2) is 30.1 Å². The molecule has 0 fully saturated rings. The van der Waals surface area contributed by atoms with Crippen LogP contribution in [0.3, 0.4) is 0 Å². The molecular weight excluding hydrogens is 362 g/mol. The molecule has 1 aromatic heterocycles. The second-order valence-corrected chi connectivity index (χ2v) is 5.62. The maximum Gasteiger partial charge on any atom is 0.324 e. The van der Waals surface area contributed by atoms with Gasteiger partial charge in [-0.15, -0.1) is 0 Å². The van der Waals surface area contributed by atoms with Gasteiger partial charge in [0.15, 0.2) is 0 Å². The minimum atomic E-state index is -1.09. The molecule has 0 saturated heterocycles. The highest BCUT2D eigenvalue weighted by Gasteiger charge is 2.22. The molecular formula is C20H19N3O5. The van der Waals surface area contributed by atoms with Gasteiger partial charge in [-0.25, -0.2) is 0 Å². The van der Waals surface area contributed by atoms with Gasteiger partial charge in [-0.3, -0.25) is 4.79 Å². The Balaban J connectivity index is 1.80. The lowest BCUT2D eigenvalue weighted by Gasteiger charge is -2.16. The Labute approximate surface area is 161 Å². The summed E-state index contributed by atoms with van der Waals surface area (Å²) in [5.41, 5.74) is 6.03. The van der Waals surface area contributed by atoms with Crippen LogP contribution in [0.1, 0.15) is 11.7 Å². The molecule has 28 heavy (non-hydrogen) atoms. The van der Waals surface area contributed by atoms with E-state index in [0.717, 1.165) is 0 Å². The quantitative estimate of drug-likeness (QED) is 0.639. The van der Waals surface area contributed by atoms with Gasteiger partial charge < -0.3 is 24.7 Å². The van der Waals surface area contributed by atoms with E-state index in [1.54, 1.807) is 24.3 Å². The van der Waals surface area contributed by atoms with Crippen molar-refractivity contribution in [3.8, 4) is 29.3 Å². The molecule has 1 atom stereocenters. The molecule has 0 aliphatic carbocycles. The number of aromatic nitrogens is 2. The smallest absolute Gasteiger partial charge is 0.324 e. The molecule has 0 aliphatic rings. The average molecular weight is 381 g/mol. The van der Waals surface area contributed by atoms with Crippen LogP contribution in [-0.2, 0) is 4.79 Å². The van der Waals surface area contributed by atoms with Crippen molar-refractivity contribution in [1.29, 1.82) is 0 Å². The van der Waals surface area contributed by atoms with E-state index in [-0.39, 0.29) is 17.8 Å². The molecule has 0 radical (unpaired) electrons. The summed E-state index contributed by atoms with van der Waals surface area (Å²) in [6.07, 6.45) is -1.09. The number of rotatable bonds is 8. The maximum absolute atomic E-state index is 11.9. The summed E-state index contributed by atoms with van der Waals surface area (Å²) in [7, 11) is 2.89. The van der Waals surface area contributed by atoms with Crippen molar-refractivity contribution in [3.63, 3.8) is 0 Å². The monoisotopic (exact) mass is 381 g/mol. The number of carbonyl (C=O) groups is 1. The van der Waals surface area contributed by atoms with Crippen molar-refractivity contribution >= 4 is 5.91 Å². The van der Waals surface area contributed by atoms with Gasteiger partial charge in [0.25, 0.3) is 5.91 Å². The molecule has 2 N–H and O–H groups in total. The average Bonchev–Trinajstić information content (AvgIpc) is 2.73. The predicted octanol–water partition coefficient (Wildman–Crippen LogP) is 2.89. The molecule has 0 saturated carbocycles. The summed E-state index contributed by atoms with van der Waals surface area (Å²) in [5.74, 6) is 1.09. The fourth-order valence-electron chi connectivity index (χ4n) is 2.38. The number of carbonyl (C=O) groups excluding carboxylic acids is 1. The van der Waals surface area contributed by atoms with Crippen molar-refractivity contribution in [1.82, 2.24) is 9.97 Å². The molecule has 144 valence electrons. The fraction of sp³-hybridized carbons (Fsp3) is 0.150. The number of hydrogen-bond acceptors (Lipinski definition) is 7. The van der Waals surface area contributed by atoms with Crippen molar-refractivity contribution < 1.29 is 23.7 Å². The van der Waals surface area contributed by atoms with E-state index < -0.39 is 12.0 Å². The van der Waals surface area contributed by atoms with E-state index >= 15 is 0 Å². The van der Waals surface area contributed by atoms with E-state index in [0.29, 0.717) is 17.1 Å². The Kier molecular flexibility index (Phi) is 5.91. The van der Waals surface area contributed by atoms with Gasteiger partial charge in [-0.2, -0.15) is 9.97 Å². The first-order valence-electron chi connectivity index (χ1n) is 8.35. The normalized spacial score (nSPS) is 11.4. The number of para-hydroxylation sites is 1. The van der Waals surface area contributed by atoms with E-state index in [1.165, 1.54) is 20.3 Å². The van der Waals surface area contributed by atoms with Crippen LogP contribution in [0.25, 0.3) is 0 Å². The zero-order chi connectivity index (χ0) is 19.9. The minimum Gasteiger partial charge on any atom is -0.481 e. The second-order valence-electron chi connectivity index (χ2n) is 5.62. The van der Waals surface area contributed by atoms with Gasteiger partial charge in [0.1, 0.15) is 11.5 Å². The Hall–Kier alpha value is -3.81. The van der Waals surface area contributed by atoms with Gasteiger partial charge in [0.2, 0.25) is 17.9 Å².